The number of hydrogen-bond donors (Lipinski definition) is 0. The Morgan fingerprint density at radius 2 is 2.29 bits per heavy atom. The lowest BCUT2D eigenvalue weighted by Gasteiger charge is -2.01. The van der Waals surface area contributed by atoms with E-state index in [1.54, 1.807) is 6.08 Å². The van der Waals surface area contributed by atoms with Crippen molar-refractivity contribution in [2.75, 3.05) is 6.61 Å². The van der Waals surface area contributed by atoms with E-state index >= 15 is 0 Å². The highest BCUT2D eigenvalue weighted by molar-refractivity contribution is 5.92. The summed E-state index contributed by atoms with van der Waals surface area (Å²) >= 11 is 0. The van der Waals surface area contributed by atoms with E-state index in [1.165, 1.54) is 6.08 Å². The predicted octanol–water partition coefficient (Wildman–Crippen LogP) is 2.21. The van der Waals surface area contributed by atoms with Crippen molar-refractivity contribution in [2.45, 2.75) is 20.3 Å². The molecule has 0 heterocycles. The molecule has 0 atom stereocenters. The van der Waals surface area contributed by atoms with Crippen molar-refractivity contribution < 1.29 is 9.53 Å². The van der Waals surface area contributed by atoms with Gasteiger partial charge in [-0.1, -0.05) is 32.6 Å². The molecule has 76 valence electrons. The highest BCUT2D eigenvalue weighted by atomic mass is 16.5. The maximum absolute atomic E-state index is 11.2. The van der Waals surface area contributed by atoms with Gasteiger partial charge < -0.3 is 4.74 Å². The van der Waals surface area contributed by atoms with Crippen molar-refractivity contribution in [3.63, 3.8) is 0 Å². The van der Waals surface area contributed by atoms with Gasteiger partial charge in [0.15, 0.2) is 0 Å². The molecule has 0 aromatic heterocycles. The normalized spacial score (nSPS) is 10.9. The summed E-state index contributed by atoms with van der Waals surface area (Å²) in [6, 6.07) is 1.82. The monoisotopic (exact) mass is 193 g/mol. The van der Waals surface area contributed by atoms with E-state index in [2.05, 4.69) is 6.58 Å². The summed E-state index contributed by atoms with van der Waals surface area (Å²) in [7, 11) is 0. The van der Waals surface area contributed by atoms with Gasteiger partial charge >= 0.3 is 5.97 Å². The molecule has 3 heteroatoms. The third kappa shape index (κ3) is 5.15. The summed E-state index contributed by atoms with van der Waals surface area (Å²) in [6.07, 6.45) is 3.78. The van der Waals surface area contributed by atoms with Crippen molar-refractivity contribution in [1.82, 2.24) is 0 Å². The highest BCUT2D eigenvalue weighted by Gasteiger charge is 2.09. The second kappa shape index (κ2) is 6.90. The minimum Gasteiger partial charge on any atom is -0.457 e. The van der Waals surface area contributed by atoms with Crippen molar-refractivity contribution in [2.24, 2.45) is 5.92 Å². The lowest BCUT2D eigenvalue weighted by atomic mass is 10.1. The Morgan fingerprint density at radius 1 is 1.64 bits per heavy atom. The minimum atomic E-state index is -0.576. The maximum Gasteiger partial charge on any atom is 0.348 e. The minimum absolute atomic E-state index is 0.0700. The number of carbonyl (C=O) groups is 1. The molecule has 0 spiro atoms. The second-order valence-electron chi connectivity index (χ2n) is 3.25. The number of rotatable bonds is 5. The van der Waals surface area contributed by atoms with E-state index < -0.39 is 5.97 Å². The first-order valence-electron chi connectivity index (χ1n) is 4.50. The number of nitriles is 1. The lowest BCUT2D eigenvalue weighted by Crippen LogP contribution is -2.07. The number of hydrogen-bond acceptors (Lipinski definition) is 3. The molecule has 0 rings (SSSR count). The van der Waals surface area contributed by atoms with Gasteiger partial charge in [-0.15, -0.1) is 0 Å². The van der Waals surface area contributed by atoms with E-state index in [-0.39, 0.29) is 12.2 Å². The number of esters is 1. The van der Waals surface area contributed by atoms with Crippen LogP contribution < -0.4 is 0 Å². The molecule has 0 aliphatic carbocycles. The van der Waals surface area contributed by atoms with Gasteiger partial charge in [0.25, 0.3) is 0 Å². The van der Waals surface area contributed by atoms with Gasteiger partial charge in [-0.3, -0.25) is 0 Å². The van der Waals surface area contributed by atoms with Gasteiger partial charge in [-0.05, 0) is 12.3 Å². The zero-order valence-corrected chi connectivity index (χ0v) is 8.62. The molecule has 0 aliphatic heterocycles. The van der Waals surface area contributed by atoms with E-state index in [0.717, 1.165) is 0 Å². The fraction of sp³-hybridized carbons (Fsp3) is 0.455. The average molecular weight is 193 g/mol. The Morgan fingerprint density at radius 3 is 2.71 bits per heavy atom. The molecular formula is C11H15NO2. The molecule has 3 nitrogen and oxygen atoms in total. The van der Waals surface area contributed by atoms with Gasteiger partial charge in [0.2, 0.25) is 0 Å². The van der Waals surface area contributed by atoms with Gasteiger partial charge in [-0.25, -0.2) is 4.79 Å². The predicted molar refractivity (Wildman–Crippen MR) is 54.3 cm³/mol. The maximum atomic E-state index is 11.2. The van der Waals surface area contributed by atoms with Gasteiger partial charge in [0.05, 0.1) is 0 Å². The van der Waals surface area contributed by atoms with Crippen LogP contribution in [0.15, 0.2) is 24.3 Å². The third-order valence-electron chi connectivity index (χ3n) is 1.47. The average Bonchev–Trinajstić information content (AvgIpc) is 2.15. The van der Waals surface area contributed by atoms with Crippen LogP contribution in [0.1, 0.15) is 20.3 Å². The van der Waals surface area contributed by atoms with Crippen LogP contribution in [0.5, 0.6) is 0 Å². The molecule has 0 fully saturated rings. The third-order valence-corrected chi connectivity index (χ3v) is 1.47. The van der Waals surface area contributed by atoms with Crippen molar-refractivity contribution in [1.29, 1.82) is 5.26 Å². The Balaban J connectivity index is 4.26. The summed E-state index contributed by atoms with van der Waals surface area (Å²) < 4.78 is 4.73. The molecule has 0 aromatic rings. The summed E-state index contributed by atoms with van der Waals surface area (Å²) in [4.78, 5) is 11.2. The Labute approximate surface area is 84.7 Å². The standard InChI is InChI=1S/C11H15NO2/c1-4-7-14-11(13)10(8-12)6-5-9(2)3/h4,6,9H,1,5,7H2,2-3H3. The number of allylic oxidation sites excluding steroid dienone is 1. The number of nitrogens with zero attached hydrogens (tertiary/aromatic N) is 1. The van der Waals surface area contributed by atoms with E-state index in [4.69, 9.17) is 10.00 Å². The van der Waals surface area contributed by atoms with Crippen LogP contribution in [-0.2, 0) is 9.53 Å². The summed E-state index contributed by atoms with van der Waals surface area (Å²) in [5.41, 5.74) is 0.0700. The largest absolute Gasteiger partial charge is 0.457 e. The first-order chi connectivity index (χ1) is 6.61. The van der Waals surface area contributed by atoms with Crippen molar-refractivity contribution in [3.05, 3.63) is 24.3 Å². The molecule has 0 saturated heterocycles. The quantitative estimate of drug-likeness (QED) is 0.291. The van der Waals surface area contributed by atoms with Gasteiger partial charge in [0.1, 0.15) is 18.2 Å². The molecule has 0 amide bonds. The van der Waals surface area contributed by atoms with E-state index in [9.17, 15) is 4.79 Å². The first-order valence-corrected chi connectivity index (χ1v) is 4.50. The van der Waals surface area contributed by atoms with Crippen LogP contribution in [0.2, 0.25) is 0 Å². The topological polar surface area (TPSA) is 50.1 Å². The van der Waals surface area contributed by atoms with Crippen LogP contribution in [-0.4, -0.2) is 12.6 Å². The Hall–Kier alpha value is -1.56. The molecule has 0 bridgehead atoms. The van der Waals surface area contributed by atoms with Crippen LogP contribution in [0.4, 0.5) is 0 Å². The molecule has 14 heavy (non-hydrogen) atoms. The first kappa shape index (κ1) is 12.4. The molecule has 0 radical (unpaired) electrons. The molecule has 0 unspecified atom stereocenters. The number of carbonyl (C=O) groups excluding carboxylic acids is 1. The van der Waals surface area contributed by atoms with Crippen LogP contribution in [0.25, 0.3) is 0 Å². The molecule has 0 aromatic carbocycles. The van der Waals surface area contributed by atoms with Crippen LogP contribution in [0.3, 0.4) is 0 Å². The summed E-state index contributed by atoms with van der Waals surface area (Å²) in [5, 5.41) is 8.66. The molecular weight excluding hydrogens is 178 g/mol. The van der Waals surface area contributed by atoms with Crippen molar-refractivity contribution >= 4 is 5.97 Å². The fourth-order valence-electron chi connectivity index (χ4n) is 0.741. The summed E-state index contributed by atoms with van der Waals surface area (Å²) in [5.74, 6) is -0.154. The molecule has 0 saturated carbocycles. The molecule has 0 aliphatic rings. The highest BCUT2D eigenvalue weighted by Crippen LogP contribution is 2.05. The van der Waals surface area contributed by atoms with E-state index in [1.807, 2.05) is 19.9 Å². The second-order valence-corrected chi connectivity index (χ2v) is 3.25. The lowest BCUT2D eigenvalue weighted by molar-refractivity contribution is -0.137. The molecule has 0 N–H and O–H groups in total. The van der Waals surface area contributed by atoms with Crippen molar-refractivity contribution in [3.8, 4) is 6.07 Å². The van der Waals surface area contributed by atoms with E-state index in [0.29, 0.717) is 12.3 Å². The van der Waals surface area contributed by atoms with Gasteiger partial charge in [0, 0.05) is 0 Å². The van der Waals surface area contributed by atoms with Crippen LogP contribution >= 0.6 is 0 Å². The SMILES string of the molecule is C=CCOC(=O)C(C#N)=CCC(C)C. The fourth-order valence-corrected chi connectivity index (χ4v) is 0.741. The zero-order valence-electron chi connectivity index (χ0n) is 8.62. The Kier molecular flexibility index (Phi) is 6.13. The smallest absolute Gasteiger partial charge is 0.348 e. The Bertz CT molecular complexity index is 272. The number of ether oxygens (including phenoxy) is 1. The summed E-state index contributed by atoms with van der Waals surface area (Å²) in [6.45, 7) is 7.58. The van der Waals surface area contributed by atoms with Gasteiger partial charge in [-0.2, -0.15) is 5.26 Å². The van der Waals surface area contributed by atoms with Crippen LogP contribution in [0, 0.1) is 17.2 Å². The zero-order chi connectivity index (χ0) is 11.0.